The second kappa shape index (κ2) is 7.17. The number of halogens is 2. The SMILES string of the molecule is CCCN1CCC(Nc2cc(F)c(Br)cc2[N+](=O)[O-])CC1. The van der Waals surface area contributed by atoms with E-state index in [-0.39, 0.29) is 21.9 Å². The molecular weight excluding hydrogens is 341 g/mol. The molecule has 0 atom stereocenters. The molecule has 1 saturated heterocycles. The predicted octanol–water partition coefficient (Wildman–Crippen LogP) is 3.78. The molecule has 0 spiro atoms. The normalized spacial score (nSPS) is 16.9. The molecule has 0 amide bonds. The van der Waals surface area contributed by atoms with Crippen molar-refractivity contribution in [1.29, 1.82) is 0 Å². The fourth-order valence-electron chi connectivity index (χ4n) is 2.64. The van der Waals surface area contributed by atoms with Gasteiger partial charge in [0.25, 0.3) is 5.69 Å². The Labute approximate surface area is 131 Å². The van der Waals surface area contributed by atoms with E-state index < -0.39 is 10.7 Å². The minimum atomic E-state index is -0.494. The smallest absolute Gasteiger partial charge is 0.293 e. The Hall–Kier alpha value is -1.21. The van der Waals surface area contributed by atoms with Gasteiger partial charge in [-0.1, -0.05) is 6.92 Å². The summed E-state index contributed by atoms with van der Waals surface area (Å²) >= 11 is 2.98. The van der Waals surface area contributed by atoms with Crippen molar-refractivity contribution in [3.8, 4) is 0 Å². The van der Waals surface area contributed by atoms with Crippen molar-refractivity contribution >= 4 is 27.3 Å². The van der Waals surface area contributed by atoms with Crippen LogP contribution in [0.25, 0.3) is 0 Å². The molecule has 116 valence electrons. The zero-order valence-corrected chi connectivity index (χ0v) is 13.5. The van der Waals surface area contributed by atoms with Crippen LogP contribution in [0.15, 0.2) is 16.6 Å². The number of nitrogens with zero attached hydrogens (tertiary/aromatic N) is 2. The monoisotopic (exact) mass is 359 g/mol. The van der Waals surface area contributed by atoms with Crippen LogP contribution in [0, 0.1) is 15.9 Å². The quantitative estimate of drug-likeness (QED) is 0.641. The molecular formula is C14H19BrFN3O2. The minimum absolute atomic E-state index is 0.0979. The Kier molecular flexibility index (Phi) is 5.52. The van der Waals surface area contributed by atoms with E-state index in [1.54, 1.807) is 0 Å². The van der Waals surface area contributed by atoms with Gasteiger partial charge in [0.15, 0.2) is 0 Å². The topological polar surface area (TPSA) is 58.4 Å². The summed E-state index contributed by atoms with van der Waals surface area (Å²) < 4.78 is 13.7. The molecule has 1 heterocycles. The lowest BCUT2D eigenvalue weighted by Gasteiger charge is -2.32. The van der Waals surface area contributed by atoms with Crippen molar-refractivity contribution in [3.63, 3.8) is 0 Å². The molecule has 5 nitrogen and oxygen atoms in total. The van der Waals surface area contributed by atoms with E-state index in [2.05, 4.69) is 33.1 Å². The van der Waals surface area contributed by atoms with Crippen LogP contribution in [0.1, 0.15) is 26.2 Å². The zero-order chi connectivity index (χ0) is 15.4. The maximum absolute atomic E-state index is 13.6. The lowest BCUT2D eigenvalue weighted by atomic mass is 10.0. The number of likely N-dealkylation sites (tertiary alicyclic amines) is 1. The highest BCUT2D eigenvalue weighted by Gasteiger charge is 2.23. The number of nitrogens with one attached hydrogen (secondary N) is 1. The van der Waals surface area contributed by atoms with Gasteiger partial charge in [-0.25, -0.2) is 4.39 Å². The van der Waals surface area contributed by atoms with Crippen molar-refractivity contribution < 1.29 is 9.31 Å². The Morgan fingerprint density at radius 3 is 2.71 bits per heavy atom. The van der Waals surface area contributed by atoms with E-state index in [9.17, 15) is 14.5 Å². The van der Waals surface area contributed by atoms with Crippen molar-refractivity contribution in [2.45, 2.75) is 32.2 Å². The first-order valence-electron chi connectivity index (χ1n) is 7.13. The number of anilines is 1. The highest BCUT2D eigenvalue weighted by Crippen LogP contribution is 2.32. The molecule has 0 aliphatic carbocycles. The average Bonchev–Trinajstić information content (AvgIpc) is 2.44. The number of benzene rings is 1. The number of nitro benzene ring substituents is 1. The maximum atomic E-state index is 13.6. The number of hydrogen-bond donors (Lipinski definition) is 1. The predicted molar refractivity (Wildman–Crippen MR) is 84.1 cm³/mol. The summed E-state index contributed by atoms with van der Waals surface area (Å²) in [5, 5.41) is 14.2. The summed E-state index contributed by atoms with van der Waals surface area (Å²) in [6.07, 6.45) is 2.95. The van der Waals surface area contributed by atoms with Crippen LogP contribution in [0.2, 0.25) is 0 Å². The summed E-state index contributed by atoms with van der Waals surface area (Å²) in [6, 6.07) is 2.56. The van der Waals surface area contributed by atoms with Crippen molar-refractivity contribution in [2.75, 3.05) is 25.0 Å². The molecule has 1 aliphatic rings. The van der Waals surface area contributed by atoms with E-state index in [1.807, 2.05) is 0 Å². The highest BCUT2D eigenvalue weighted by atomic mass is 79.9. The largest absolute Gasteiger partial charge is 0.377 e. The summed E-state index contributed by atoms with van der Waals surface area (Å²) in [7, 11) is 0. The van der Waals surface area contributed by atoms with Crippen molar-refractivity contribution in [3.05, 3.63) is 32.5 Å². The number of hydrogen-bond acceptors (Lipinski definition) is 4. The molecule has 0 radical (unpaired) electrons. The number of nitro groups is 1. The number of piperidine rings is 1. The van der Waals surface area contributed by atoms with Crippen LogP contribution in [0.5, 0.6) is 0 Å². The molecule has 1 N–H and O–H groups in total. The minimum Gasteiger partial charge on any atom is -0.377 e. The van der Waals surface area contributed by atoms with Gasteiger partial charge in [-0.05, 0) is 41.7 Å². The second-order valence-electron chi connectivity index (χ2n) is 5.30. The third kappa shape index (κ3) is 4.14. The van der Waals surface area contributed by atoms with Crippen LogP contribution in [-0.4, -0.2) is 35.5 Å². The van der Waals surface area contributed by atoms with Crippen LogP contribution >= 0.6 is 15.9 Å². The van der Waals surface area contributed by atoms with Crippen LogP contribution < -0.4 is 5.32 Å². The van der Waals surface area contributed by atoms with E-state index in [1.165, 1.54) is 12.1 Å². The van der Waals surface area contributed by atoms with Gasteiger partial charge >= 0.3 is 0 Å². The van der Waals surface area contributed by atoms with E-state index in [0.29, 0.717) is 0 Å². The molecule has 2 rings (SSSR count). The van der Waals surface area contributed by atoms with Gasteiger partial charge in [-0.3, -0.25) is 10.1 Å². The molecule has 1 aliphatic heterocycles. The standard InChI is InChI=1S/C14H19BrFN3O2/c1-2-5-18-6-3-10(4-7-18)17-13-9-12(16)11(15)8-14(13)19(20)21/h8-10,17H,2-7H2,1H3. The van der Waals surface area contributed by atoms with Crippen LogP contribution in [0.3, 0.4) is 0 Å². The van der Waals surface area contributed by atoms with Crippen LogP contribution in [0.4, 0.5) is 15.8 Å². The Morgan fingerprint density at radius 1 is 1.48 bits per heavy atom. The summed E-state index contributed by atoms with van der Waals surface area (Å²) in [6.45, 7) is 5.18. The third-order valence-corrected chi connectivity index (χ3v) is 4.33. The molecule has 7 heteroatoms. The van der Waals surface area contributed by atoms with Crippen molar-refractivity contribution in [2.24, 2.45) is 0 Å². The first kappa shape index (κ1) is 16.2. The van der Waals surface area contributed by atoms with Gasteiger partial charge in [0, 0.05) is 31.3 Å². The van der Waals surface area contributed by atoms with E-state index in [4.69, 9.17) is 0 Å². The fraction of sp³-hybridized carbons (Fsp3) is 0.571. The molecule has 0 bridgehead atoms. The Morgan fingerprint density at radius 2 is 2.14 bits per heavy atom. The van der Waals surface area contributed by atoms with Gasteiger partial charge < -0.3 is 10.2 Å². The molecule has 0 unspecified atom stereocenters. The van der Waals surface area contributed by atoms with E-state index in [0.717, 1.165) is 38.9 Å². The molecule has 21 heavy (non-hydrogen) atoms. The van der Waals surface area contributed by atoms with Gasteiger partial charge in [0.05, 0.1) is 9.40 Å². The first-order valence-corrected chi connectivity index (χ1v) is 7.93. The molecule has 0 saturated carbocycles. The fourth-order valence-corrected chi connectivity index (χ4v) is 2.97. The summed E-state index contributed by atoms with van der Waals surface area (Å²) in [5.41, 5.74) is 0.161. The highest BCUT2D eigenvalue weighted by molar-refractivity contribution is 9.10. The Bertz CT molecular complexity index is 519. The first-order chi connectivity index (χ1) is 10.0. The summed E-state index contributed by atoms with van der Waals surface area (Å²) in [4.78, 5) is 13.0. The lowest BCUT2D eigenvalue weighted by molar-refractivity contribution is -0.384. The Balaban J connectivity index is 2.06. The van der Waals surface area contributed by atoms with Gasteiger partial charge in [-0.15, -0.1) is 0 Å². The van der Waals surface area contributed by atoms with E-state index >= 15 is 0 Å². The van der Waals surface area contributed by atoms with Gasteiger partial charge in [0.1, 0.15) is 11.5 Å². The third-order valence-electron chi connectivity index (χ3n) is 3.72. The zero-order valence-electron chi connectivity index (χ0n) is 11.9. The second-order valence-corrected chi connectivity index (χ2v) is 6.16. The van der Waals surface area contributed by atoms with Gasteiger partial charge in [0.2, 0.25) is 0 Å². The summed E-state index contributed by atoms with van der Waals surface area (Å²) in [5.74, 6) is -0.494. The molecule has 1 aromatic rings. The molecule has 1 aromatic carbocycles. The van der Waals surface area contributed by atoms with Crippen LogP contribution in [-0.2, 0) is 0 Å². The van der Waals surface area contributed by atoms with Crippen molar-refractivity contribution in [1.82, 2.24) is 4.90 Å². The average molecular weight is 360 g/mol. The number of rotatable bonds is 5. The van der Waals surface area contributed by atoms with Gasteiger partial charge in [-0.2, -0.15) is 0 Å². The molecule has 1 fully saturated rings. The molecule has 0 aromatic heterocycles. The maximum Gasteiger partial charge on any atom is 0.293 e. The lowest BCUT2D eigenvalue weighted by Crippen LogP contribution is -2.39.